The summed E-state index contributed by atoms with van der Waals surface area (Å²) in [5.74, 6) is 0.960. The zero-order valence-electron chi connectivity index (χ0n) is 13.9. The van der Waals surface area contributed by atoms with Crippen molar-refractivity contribution in [1.82, 2.24) is 4.90 Å². The van der Waals surface area contributed by atoms with Gasteiger partial charge in [-0.15, -0.1) is 0 Å². The van der Waals surface area contributed by atoms with Gasteiger partial charge in [0.2, 0.25) is 0 Å². The third kappa shape index (κ3) is 2.82. The lowest BCUT2D eigenvalue weighted by molar-refractivity contribution is -0.123. The summed E-state index contributed by atoms with van der Waals surface area (Å²) < 4.78 is 5.84. The molecule has 1 fully saturated rings. The number of hydrogen-bond acceptors (Lipinski definition) is 5. The minimum Gasteiger partial charge on any atom is -0.455 e. The number of aliphatic imine (C=N–C) groups is 1. The molecule has 2 aliphatic heterocycles. The van der Waals surface area contributed by atoms with E-state index in [1.54, 1.807) is 12.1 Å². The van der Waals surface area contributed by atoms with Gasteiger partial charge in [0.05, 0.1) is 16.3 Å². The van der Waals surface area contributed by atoms with Crippen LogP contribution in [0.2, 0.25) is 0 Å². The molecule has 126 valence electrons. The first-order chi connectivity index (χ1) is 12.0. The predicted octanol–water partition coefficient (Wildman–Crippen LogP) is 4.40. The topological polar surface area (TPSA) is 62.9 Å². The quantitative estimate of drug-likeness (QED) is 0.768. The third-order valence-corrected chi connectivity index (χ3v) is 5.01. The number of fused-ring (bicyclic) bond motifs is 1. The summed E-state index contributed by atoms with van der Waals surface area (Å²) in [4.78, 5) is 30.5. The van der Waals surface area contributed by atoms with Gasteiger partial charge in [0.15, 0.2) is 0 Å². The highest BCUT2D eigenvalue weighted by atomic mass is 32.2. The number of carbonyl (C=O) groups is 2. The molecular formula is C19H16N2O3S. The fraction of sp³-hybridized carbons (Fsp3) is 0.211. The van der Waals surface area contributed by atoms with Crippen molar-refractivity contribution < 1.29 is 14.0 Å². The number of furan rings is 1. The normalized spacial score (nSPS) is 18.4. The summed E-state index contributed by atoms with van der Waals surface area (Å²) in [5, 5.41) is -0.242. The maximum Gasteiger partial charge on any atom is 0.293 e. The zero-order chi connectivity index (χ0) is 17.6. The molecule has 2 aromatic rings. The Morgan fingerprint density at radius 1 is 1.20 bits per heavy atom. The van der Waals surface area contributed by atoms with Gasteiger partial charge in [0.25, 0.3) is 11.1 Å². The van der Waals surface area contributed by atoms with Crippen LogP contribution in [0.1, 0.15) is 30.9 Å². The Balaban J connectivity index is 1.57. The Bertz CT molecular complexity index is 940. The number of amides is 2. The van der Waals surface area contributed by atoms with Crippen molar-refractivity contribution in [1.29, 1.82) is 0 Å². The average Bonchev–Trinajstić information content (AvgIpc) is 3.25. The summed E-state index contributed by atoms with van der Waals surface area (Å²) in [6.07, 6.45) is 2.35. The van der Waals surface area contributed by atoms with E-state index in [1.807, 2.05) is 38.1 Å². The van der Waals surface area contributed by atoms with E-state index in [1.165, 1.54) is 10.5 Å². The molecule has 0 atom stereocenters. The SMILES string of the molecule is CC(C)N1C(=O)S/C(=C\c2ccc(C3=Nc4ccccc4C3)o2)C1=O. The molecule has 0 unspecified atom stereocenters. The largest absolute Gasteiger partial charge is 0.455 e. The van der Waals surface area contributed by atoms with Gasteiger partial charge >= 0.3 is 0 Å². The number of thioether (sulfide) groups is 1. The van der Waals surface area contributed by atoms with E-state index in [0.717, 1.165) is 29.6 Å². The van der Waals surface area contributed by atoms with E-state index in [4.69, 9.17) is 4.42 Å². The Morgan fingerprint density at radius 2 is 2.00 bits per heavy atom. The van der Waals surface area contributed by atoms with Crippen molar-refractivity contribution in [3.05, 3.63) is 58.4 Å². The summed E-state index contributed by atoms with van der Waals surface area (Å²) in [7, 11) is 0. The van der Waals surface area contributed by atoms with Gasteiger partial charge in [-0.2, -0.15) is 0 Å². The number of carbonyl (C=O) groups excluding carboxylic acids is 2. The van der Waals surface area contributed by atoms with E-state index in [-0.39, 0.29) is 17.2 Å². The number of benzene rings is 1. The number of hydrogen-bond donors (Lipinski definition) is 0. The molecule has 1 aromatic heterocycles. The lowest BCUT2D eigenvalue weighted by atomic mass is 10.1. The Labute approximate surface area is 149 Å². The molecular weight excluding hydrogens is 336 g/mol. The molecule has 0 N–H and O–H groups in total. The van der Waals surface area contributed by atoms with Crippen molar-refractivity contribution in [2.24, 2.45) is 4.99 Å². The Hall–Kier alpha value is -2.60. The first-order valence-corrected chi connectivity index (χ1v) is 8.87. The van der Waals surface area contributed by atoms with E-state index < -0.39 is 0 Å². The van der Waals surface area contributed by atoms with Crippen LogP contribution < -0.4 is 0 Å². The zero-order valence-corrected chi connectivity index (χ0v) is 14.7. The minimum absolute atomic E-state index is 0.156. The molecule has 6 heteroatoms. The second kappa shape index (κ2) is 6.04. The monoisotopic (exact) mass is 352 g/mol. The van der Waals surface area contributed by atoms with Crippen LogP contribution in [0, 0.1) is 0 Å². The number of para-hydroxylation sites is 1. The van der Waals surface area contributed by atoms with Gasteiger partial charge in [-0.25, -0.2) is 4.99 Å². The fourth-order valence-electron chi connectivity index (χ4n) is 2.92. The smallest absolute Gasteiger partial charge is 0.293 e. The third-order valence-electron chi connectivity index (χ3n) is 4.13. The highest BCUT2D eigenvalue weighted by Crippen LogP contribution is 2.34. The van der Waals surface area contributed by atoms with E-state index in [2.05, 4.69) is 11.1 Å². The lowest BCUT2D eigenvalue weighted by Crippen LogP contribution is -2.34. The Kier molecular flexibility index (Phi) is 3.84. The van der Waals surface area contributed by atoms with Crippen molar-refractivity contribution in [3.63, 3.8) is 0 Å². The molecule has 25 heavy (non-hydrogen) atoms. The van der Waals surface area contributed by atoms with E-state index in [9.17, 15) is 9.59 Å². The van der Waals surface area contributed by atoms with Crippen LogP contribution in [0.15, 0.2) is 50.7 Å². The van der Waals surface area contributed by atoms with Gasteiger partial charge in [-0.1, -0.05) is 18.2 Å². The molecule has 5 nitrogen and oxygen atoms in total. The minimum atomic E-state index is -0.270. The van der Waals surface area contributed by atoms with Gasteiger partial charge in [0, 0.05) is 18.5 Å². The fourth-order valence-corrected chi connectivity index (χ4v) is 3.86. The second-order valence-electron chi connectivity index (χ2n) is 6.21. The predicted molar refractivity (Wildman–Crippen MR) is 98.0 cm³/mol. The molecule has 0 radical (unpaired) electrons. The Morgan fingerprint density at radius 3 is 2.72 bits per heavy atom. The lowest BCUT2D eigenvalue weighted by Gasteiger charge is -2.16. The van der Waals surface area contributed by atoms with Gasteiger partial charge in [-0.3, -0.25) is 14.5 Å². The molecule has 0 saturated carbocycles. The van der Waals surface area contributed by atoms with Crippen LogP contribution in [0.25, 0.3) is 6.08 Å². The maximum absolute atomic E-state index is 12.3. The molecule has 0 aliphatic carbocycles. The van der Waals surface area contributed by atoms with Crippen LogP contribution in [-0.2, 0) is 11.2 Å². The van der Waals surface area contributed by atoms with Crippen molar-refractivity contribution >= 4 is 40.4 Å². The van der Waals surface area contributed by atoms with Crippen LogP contribution >= 0.6 is 11.8 Å². The standard InChI is InChI=1S/C19H16N2O3S/c1-11(2)21-18(22)17(25-19(21)23)10-13-7-8-16(24-13)15-9-12-5-3-4-6-14(12)20-15/h3-8,10-11H,9H2,1-2H3/b17-10-. The van der Waals surface area contributed by atoms with Gasteiger partial charge in [-0.05, 0) is 49.4 Å². The molecule has 1 saturated heterocycles. The van der Waals surface area contributed by atoms with E-state index >= 15 is 0 Å². The van der Waals surface area contributed by atoms with Crippen LogP contribution in [-0.4, -0.2) is 27.8 Å². The van der Waals surface area contributed by atoms with Crippen LogP contribution in [0.5, 0.6) is 0 Å². The van der Waals surface area contributed by atoms with Crippen molar-refractivity contribution in [2.45, 2.75) is 26.3 Å². The second-order valence-corrected chi connectivity index (χ2v) is 7.20. The molecule has 0 spiro atoms. The summed E-state index contributed by atoms with van der Waals surface area (Å²) >= 11 is 0.945. The number of rotatable bonds is 3. The highest BCUT2D eigenvalue weighted by Gasteiger charge is 2.36. The number of nitrogens with zero attached hydrogens (tertiary/aromatic N) is 2. The molecule has 2 amide bonds. The molecule has 0 bridgehead atoms. The molecule has 2 aliphatic rings. The summed E-state index contributed by atoms with van der Waals surface area (Å²) in [5.41, 5.74) is 3.01. The first kappa shape index (κ1) is 15.9. The summed E-state index contributed by atoms with van der Waals surface area (Å²) in [6, 6.07) is 11.5. The molecule has 4 rings (SSSR count). The van der Waals surface area contributed by atoms with Crippen molar-refractivity contribution in [3.8, 4) is 0 Å². The van der Waals surface area contributed by atoms with Crippen LogP contribution in [0.4, 0.5) is 10.5 Å². The van der Waals surface area contributed by atoms with E-state index in [0.29, 0.717) is 16.4 Å². The molecule has 3 heterocycles. The average molecular weight is 352 g/mol. The number of imide groups is 1. The van der Waals surface area contributed by atoms with Crippen LogP contribution in [0.3, 0.4) is 0 Å². The first-order valence-electron chi connectivity index (χ1n) is 8.05. The van der Waals surface area contributed by atoms with Gasteiger partial charge in [0.1, 0.15) is 11.5 Å². The highest BCUT2D eigenvalue weighted by molar-refractivity contribution is 8.18. The maximum atomic E-state index is 12.3. The van der Waals surface area contributed by atoms with Crippen molar-refractivity contribution in [2.75, 3.05) is 0 Å². The van der Waals surface area contributed by atoms with Gasteiger partial charge < -0.3 is 4.42 Å². The summed E-state index contributed by atoms with van der Waals surface area (Å²) in [6.45, 7) is 3.64. The molecule has 1 aromatic carbocycles.